The van der Waals surface area contributed by atoms with E-state index in [0.717, 1.165) is 18.8 Å². The molecule has 0 saturated heterocycles. The molecule has 0 bridgehead atoms. The maximum atomic E-state index is 6.65. The molecule has 1 saturated carbocycles. The number of rotatable bonds is 2. The van der Waals surface area contributed by atoms with E-state index < -0.39 is 0 Å². The third-order valence-corrected chi connectivity index (χ3v) is 3.64. The Balaban J connectivity index is 2.68. The molecule has 0 heterocycles. The second-order valence-corrected chi connectivity index (χ2v) is 4.99. The summed E-state index contributed by atoms with van der Waals surface area (Å²) in [5, 5.41) is 6.62. The van der Waals surface area contributed by atoms with Gasteiger partial charge in [0.1, 0.15) is 5.84 Å². The van der Waals surface area contributed by atoms with E-state index in [1.807, 2.05) is 0 Å². The average Bonchev–Trinajstić information content (AvgIpc) is 2.10. The van der Waals surface area contributed by atoms with E-state index in [1.54, 1.807) is 0 Å². The largest absolute Gasteiger partial charge is 0.385 e. The monoisotopic (exact) mass is 196 g/mol. The number of hydrogen-bond donors (Lipinski definition) is 2. The van der Waals surface area contributed by atoms with Crippen LogP contribution in [0.4, 0.5) is 0 Å². The van der Waals surface area contributed by atoms with Gasteiger partial charge < -0.3 is 5.73 Å². The molecule has 3 N–H and O–H groups in total. The zero-order chi connectivity index (χ0) is 10.8. The molecule has 0 aromatic heterocycles. The second kappa shape index (κ2) is 4.07. The van der Waals surface area contributed by atoms with Crippen LogP contribution in [0.1, 0.15) is 40.0 Å². The van der Waals surface area contributed by atoms with Crippen LogP contribution in [0.5, 0.6) is 0 Å². The lowest BCUT2D eigenvalue weighted by Gasteiger charge is -2.40. The Kier molecular flexibility index (Phi) is 3.24. The molecule has 1 aliphatic carbocycles. The summed E-state index contributed by atoms with van der Waals surface area (Å²) in [6, 6.07) is 0. The highest BCUT2D eigenvalue weighted by Crippen LogP contribution is 2.42. The van der Waals surface area contributed by atoms with Gasteiger partial charge in [-0.1, -0.05) is 26.0 Å². The molecule has 1 fully saturated rings. The van der Waals surface area contributed by atoms with E-state index in [-0.39, 0.29) is 0 Å². The molecule has 14 heavy (non-hydrogen) atoms. The van der Waals surface area contributed by atoms with Crippen molar-refractivity contribution in [1.82, 2.24) is 0 Å². The second-order valence-electron chi connectivity index (χ2n) is 4.99. The van der Waals surface area contributed by atoms with Crippen LogP contribution >= 0.6 is 0 Å². The van der Waals surface area contributed by atoms with E-state index in [1.165, 1.54) is 6.42 Å². The molecule has 0 radical (unpaired) electrons. The fraction of sp³-hybridized carbons (Fsp3) is 0.900. The first-order valence-corrected chi connectivity index (χ1v) is 5.17. The summed E-state index contributed by atoms with van der Waals surface area (Å²) < 4.78 is 0. The van der Waals surface area contributed by atoms with Gasteiger partial charge in [-0.2, -0.15) is 5.53 Å². The quantitative estimate of drug-likeness (QED) is 0.303. The summed E-state index contributed by atoms with van der Waals surface area (Å²) in [5.41, 5.74) is 12.7. The number of nitrogens with two attached hydrogens (primary N) is 1. The van der Waals surface area contributed by atoms with Crippen LogP contribution < -0.4 is 5.73 Å². The van der Waals surface area contributed by atoms with E-state index >= 15 is 0 Å². The smallest absolute Gasteiger partial charge is 0.127 e. The van der Waals surface area contributed by atoms with Crippen LogP contribution in [-0.2, 0) is 0 Å². The van der Waals surface area contributed by atoms with Crippen LogP contribution in [0.3, 0.4) is 0 Å². The Morgan fingerprint density at radius 2 is 2.07 bits per heavy atom. The molecule has 0 aliphatic heterocycles. The van der Waals surface area contributed by atoms with Crippen molar-refractivity contribution in [3.8, 4) is 0 Å². The summed E-state index contributed by atoms with van der Waals surface area (Å²) in [7, 11) is 0. The van der Waals surface area contributed by atoms with Gasteiger partial charge in [0.15, 0.2) is 0 Å². The van der Waals surface area contributed by atoms with Crippen LogP contribution in [-0.4, -0.2) is 5.84 Å². The summed E-state index contributed by atoms with van der Waals surface area (Å²) in [5.74, 6) is 1.58. The molecular formula is C10H20N4. The van der Waals surface area contributed by atoms with Gasteiger partial charge in [-0.15, -0.1) is 5.10 Å². The highest BCUT2D eigenvalue weighted by atomic mass is 15.3. The Morgan fingerprint density at radius 1 is 1.43 bits per heavy atom. The minimum absolute atomic E-state index is 0.315. The third kappa shape index (κ3) is 2.30. The van der Waals surface area contributed by atoms with Crippen molar-refractivity contribution in [1.29, 1.82) is 5.53 Å². The van der Waals surface area contributed by atoms with Gasteiger partial charge in [0.2, 0.25) is 0 Å². The van der Waals surface area contributed by atoms with E-state index in [2.05, 4.69) is 31.1 Å². The van der Waals surface area contributed by atoms with Crippen LogP contribution in [0.15, 0.2) is 10.3 Å². The van der Waals surface area contributed by atoms with Gasteiger partial charge in [0.25, 0.3) is 0 Å². The van der Waals surface area contributed by atoms with Gasteiger partial charge in [0, 0.05) is 5.92 Å². The van der Waals surface area contributed by atoms with Crippen LogP contribution in [0, 0.1) is 22.8 Å². The van der Waals surface area contributed by atoms with Crippen molar-refractivity contribution >= 4 is 5.84 Å². The normalized spacial score (nSPS) is 32.6. The molecule has 4 heteroatoms. The maximum Gasteiger partial charge on any atom is 0.127 e. The zero-order valence-electron chi connectivity index (χ0n) is 9.25. The topological polar surface area (TPSA) is 74.6 Å². The molecular weight excluding hydrogens is 176 g/mol. The van der Waals surface area contributed by atoms with Crippen molar-refractivity contribution in [3.63, 3.8) is 0 Å². The predicted molar refractivity (Wildman–Crippen MR) is 57.1 cm³/mol. The molecule has 4 nitrogen and oxygen atoms in total. The average molecular weight is 196 g/mol. The lowest BCUT2D eigenvalue weighted by molar-refractivity contribution is 0.132. The number of amidine groups is 1. The van der Waals surface area contributed by atoms with Crippen molar-refractivity contribution in [2.45, 2.75) is 40.0 Å². The summed E-state index contributed by atoms with van der Waals surface area (Å²) in [4.78, 5) is 0. The fourth-order valence-electron chi connectivity index (χ4n) is 2.17. The molecule has 1 aliphatic rings. The van der Waals surface area contributed by atoms with Crippen molar-refractivity contribution in [3.05, 3.63) is 0 Å². The maximum absolute atomic E-state index is 6.65. The van der Waals surface area contributed by atoms with Crippen molar-refractivity contribution in [2.75, 3.05) is 0 Å². The molecule has 0 aromatic rings. The number of hydrogen-bond acceptors (Lipinski definition) is 2. The van der Waals surface area contributed by atoms with Gasteiger partial charge in [-0.05, 0) is 30.6 Å². The van der Waals surface area contributed by atoms with Gasteiger partial charge in [0.05, 0.1) is 0 Å². The molecule has 0 amide bonds. The number of nitrogens with one attached hydrogen (secondary N) is 1. The fourth-order valence-corrected chi connectivity index (χ4v) is 2.17. The molecule has 80 valence electrons. The van der Waals surface area contributed by atoms with Gasteiger partial charge in [-0.25, -0.2) is 0 Å². The van der Waals surface area contributed by atoms with Crippen molar-refractivity contribution in [2.24, 2.45) is 33.3 Å². The molecule has 2 unspecified atom stereocenters. The predicted octanol–water partition coefficient (Wildman–Crippen LogP) is 2.75. The summed E-state index contributed by atoms with van der Waals surface area (Å²) >= 11 is 0. The van der Waals surface area contributed by atoms with E-state index in [4.69, 9.17) is 11.3 Å². The summed E-state index contributed by atoms with van der Waals surface area (Å²) in [6.07, 6.45) is 3.32. The third-order valence-electron chi connectivity index (χ3n) is 3.64. The first kappa shape index (κ1) is 11.1. The summed E-state index contributed by atoms with van der Waals surface area (Å²) in [6.45, 7) is 6.84. The van der Waals surface area contributed by atoms with Crippen LogP contribution in [0.25, 0.3) is 0 Å². The lowest BCUT2D eigenvalue weighted by atomic mass is 9.65. The Bertz CT molecular complexity index is 245. The Morgan fingerprint density at radius 3 is 2.57 bits per heavy atom. The van der Waals surface area contributed by atoms with E-state index in [9.17, 15) is 0 Å². The first-order chi connectivity index (χ1) is 6.47. The van der Waals surface area contributed by atoms with Crippen molar-refractivity contribution < 1.29 is 0 Å². The van der Waals surface area contributed by atoms with Crippen LogP contribution in [0.2, 0.25) is 0 Å². The Hall–Kier alpha value is -0.930. The molecule has 0 aromatic carbocycles. The van der Waals surface area contributed by atoms with E-state index in [0.29, 0.717) is 17.2 Å². The standard InChI is InChI=1S/C10H20N4/c1-7-4-5-8(6-10(7,2)3)9(11)13-14-12/h7-8H,4-6H2,1-3H3,(H3,11,12,13). The SMILES string of the molecule is CC1CCC(/C(N)=N\N=N)CC1(C)C. The Labute approximate surface area is 85.5 Å². The minimum Gasteiger partial charge on any atom is -0.385 e. The zero-order valence-corrected chi connectivity index (χ0v) is 9.25. The lowest BCUT2D eigenvalue weighted by Crippen LogP contribution is -2.36. The van der Waals surface area contributed by atoms with Gasteiger partial charge in [-0.3, -0.25) is 0 Å². The highest BCUT2D eigenvalue weighted by molar-refractivity contribution is 5.82. The highest BCUT2D eigenvalue weighted by Gasteiger charge is 2.35. The first-order valence-electron chi connectivity index (χ1n) is 5.17. The molecule has 0 spiro atoms. The van der Waals surface area contributed by atoms with Gasteiger partial charge >= 0.3 is 0 Å². The number of nitrogens with zero attached hydrogens (tertiary/aromatic N) is 2. The minimum atomic E-state index is 0.315. The molecule has 1 rings (SSSR count). The molecule has 2 atom stereocenters.